The Kier molecular flexibility index (Phi) is 2.97. The smallest absolute Gasteiger partial charge is 0.154 e. The molecule has 1 atom stereocenters. The minimum atomic E-state index is -2.92. The first-order chi connectivity index (χ1) is 4.40. The summed E-state index contributed by atoms with van der Waals surface area (Å²) in [6.07, 6.45) is 2.75. The van der Waals surface area contributed by atoms with E-state index in [0.29, 0.717) is 0 Å². The van der Waals surface area contributed by atoms with Gasteiger partial charge in [-0.15, -0.1) is 12.4 Å². The molecule has 0 aliphatic heterocycles. The molecule has 2 N–H and O–H groups in total. The summed E-state index contributed by atoms with van der Waals surface area (Å²) in [6.45, 7) is 1.76. The first kappa shape index (κ1) is 11.2. The summed E-state index contributed by atoms with van der Waals surface area (Å²) in [6, 6.07) is -0.220. The summed E-state index contributed by atoms with van der Waals surface area (Å²) in [5, 5.41) is 0. The van der Waals surface area contributed by atoms with Crippen molar-refractivity contribution in [1.82, 2.24) is 0 Å². The second-order valence-corrected chi connectivity index (χ2v) is 5.48. The number of nitrogens with two attached hydrogens (primary N) is 1. The molecule has 0 radical (unpaired) electrons. The summed E-state index contributed by atoms with van der Waals surface area (Å²) < 4.78 is 21.6. The minimum Gasteiger partial charge on any atom is -0.327 e. The predicted molar refractivity (Wildman–Crippen MR) is 47.7 cm³/mol. The summed E-state index contributed by atoms with van der Waals surface area (Å²) in [4.78, 5) is 0. The largest absolute Gasteiger partial charge is 0.327 e. The van der Waals surface area contributed by atoms with E-state index >= 15 is 0 Å². The van der Waals surface area contributed by atoms with Gasteiger partial charge in [-0.3, -0.25) is 0 Å². The van der Waals surface area contributed by atoms with Crippen molar-refractivity contribution in [2.75, 3.05) is 6.26 Å². The summed E-state index contributed by atoms with van der Waals surface area (Å²) in [5.74, 6) is 0. The van der Waals surface area contributed by atoms with Crippen LogP contribution in [0.4, 0.5) is 0 Å². The van der Waals surface area contributed by atoms with E-state index in [4.69, 9.17) is 5.73 Å². The molecule has 68 valence electrons. The van der Waals surface area contributed by atoms with Gasteiger partial charge in [0.1, 0.15) is 0 Å². The van der Waals surface area contributed by atoms with E-state index in [1.807, 2.05) is 0 Å². The third-order valence-electron chi connectivity index (χ3n) is 2.31. The fourth-order valence-corrected chi connectivity index (χ4v) is 2.81. The lowest BCUT2D eigenvalue weighted by Crippen LogP contribution is -2.39. The zero-order chi connectivity index (χ0) is 7.99. The molecule has 3 nitrogen and oxygen atoms in total. The highest BCUT2D eigenvalue weighted by Crippen LogP contribution is 2.45. The average Bonchev–Trinajstić information content (AvgIpc) is 2.36. The third kappa shape index (κ3) is 1.68. The van der Waals surface area contributed by atoms with E-state index in [1.54, 1.807) is 6.92 Å². The fraction of sp³-hybridized carbons (Fsp3) is 1.00. The molecule has 1 rings (SSSR count). The SMILES string of the molecule is CC(N)C1(S(C)(=O)=O)CC1.Cl. The molecular formula is C6H14ClNO2S. The van der Waals surface area contributed by atoms with E-state index in [1.165, 1.54) is 6.26 Å². The van der Waals surface area contributed by atoms with Crippen molar-refractivity contribution in [2.24, 2.45) is 5.73 Å². The second-order valence-electron chi connectivity index (χ2n) is 3.13. The van der Waals surface area contributed by atoms with Gasteiger partial charge >= 0.3 is 0 Å². The van der Waals surface area contributed by atoms with Crippen LogP contribution >= 0.6 is 12.4 Å². The first-order valence-corrected chi connectivity index (χ1v) is 5.24. The Labute approximate surface area is 73.7 Å². The number of hydrogen-bond donors (Lipinski definition) is 1. The monoisotopic (exact) mass is 199 g/mol. The summed E-state index contributed by atoms with van der Waals surface area (Å²) in [5.41, 5.74) is 5.54. The standard InChI is InChI=1S/C6H13NO2S.ClH/c1-5(7)6(3-4-6)10(2,8)9;/h5H,3-4,7H2,1-2H3;1H. The lowest BCUT2D eigenvalue weighted by atomic mass is 10.2. The third-order valence-corrected chi connectivity index (χ3v) is 4.57. The van der Waals surface area contributed by atoms with Gasteiger partial charge in [0.15, 0.2) is 9.84 Å². The van der Waals surface area contributed by atoms with Crippen LogP contribution in [0.1, 0.15) is 19.8 Å². The molecule has 0 amide bonds. The van der Waals surface area contributed by atoms with Crippen molar-refractivity contribution in [3.63, 3.8) is 0 Å². The van der Waals surface area contributed by atoms with Gasteiger partial charge in [-0.2, -0.15) is 0 Å². The van der Waals surface area contributed by atoms with Gasteiger partial charge < -0.3 is 5.73 Å². The van der Waals surface area contributed by atoms with Crippen molar-refractivity contribution in [3.8, 4) is 0 Å². The highest BCUT2D eigenvalue weighted by Gasteiger charge is 2.54. The maximum atomic E-state index is 11.1. The molecule has 5 heteroatoms. The van der Waals surface area contributed by atoms with Crippen molar-refractivity contribution >= 4 is 22.2 Å². The molecule has 0 bridgehead atoms. The lowest BCUT2D eigenvalue weighted by molar-refractivity contribution is 0.560. The van der Waals surface area contributed by atoms with Crippen molar-refractivity contribution in [1.29, 1.82) is 0 Å². The molecule has 1 aliphatic rings. The Balaban J connectivity index is 0.000001000. The summed E-state index contributed by atoms with van der Waals surface area (Å²) in [7, 11) is -2.92. The normalized spacial score (nSPS) is 23.5. The summed E-state index contributed by atoms with van der Waals surface area (Å²) >= 11 is 0. The molecule has 1 unspecified atom stereocenters. The average molecular weight is 200 g/mol. The fourth-order valence-electron chi connectivity index (χ4n) is 1.29. The Hall–Kier alpha value is 0.200. The van der Waals surface area contributed by atoms with E-state index in [-0.39, 0.29) is 18.4 Å². The van der Waals surface area contributed by atoms with Gasteiger partial charge in [-0.05, 0) is 19.8 Å². The van der Waals surface area contributed by atoms with Gasteiger partial charge in [0.05, 0.1) is 4.75 Å². The van der Waals surface area contributed by atoms with Crippen LogP contribution in [-0.2, 0) is 9.84 Å². The molecule has 0 aromatic heterocycles. The number of rotatable bonds is 2. The molecule has 0 spiro atoms. The van der Waals surface area contributed by atoms with Gasteiger partial charge in [-0.1, -0.05) is 0 Å². The molecular weight excluding hydrogens is 186 g/mol. The lowest BCUT2D eigenvalue weighted by Gasteiger charge is -2.16. The maximum Gasteiger partial charge on any atom is 0.154 e. The van der Waals surface area contributed by atoms with Gasteiger partial charge in [0.2, 0.25) is 0 Å². The van der Waals surface area contributed by atoms with Gasteiger partial charge in [0.25, 0.3) is 0 Å². The van der Waals surface area contributed by atoms with Crippen LogP contribution in [0.2, 0.25) is 0 Å². The zero-order valence-corrected chi connectivity index (χ0v) is 8.33. The van der Waals surface area contributed by atoms with E-state index in [9.17, 15) is 8.42 Å². The Morgan fingerprint density at radius 2 is 1.82 bits per heavy atom. The molecule has 1 saturated carbocycles. The van der Waals surface area contributed by atoms with Crippen LogP contribution in [0.15, 0.2) is 0 Å². The Morgan fingerprint density at radius 1 is 1.45 bits per heavy atom. The Bertz CT molecular complexity index is 231. The van der Waals surface area contributed by atoms with Crippen LogP contribution in [0.5, 0.6) is 0 Å². The molecule has 0 saturated heterocycles. The van der Waals surface area contributed by atoms with Crippen LogP contribution in [0.25, 0.3) is 0 Å². The quantitative estimate of drug-likeness (QED) is 0.698. The molecule has 0 heterocycles. The van der Waals surface area contributed by atoms with Crippen molar-refractivity contribution < 1.29 is 8.42 Å². The molecule has 11 heavy (non-hydrogen) atoms. The van der Waals surface area contributed by atoms with Crippen LogP contribution < -0.4 is 5.73 Å². The maximum absolute atomic E-state index is 11.1. The highest BCUT2D eigenvalue weighted by molar-refractivity contribution is 7.92. The second kappa shape index (κ2) is 2.92. The molecule has 1 fully saturated rings. The van der Waals surface area contributed by atoms with E-state index in [2.05, 4.69) is 0 Å². The topological polar surface area (TPSA) is 60.2 Å². The van der Waals surface area contributed by atoms with Crippen LogP contribution in [0, 0.1) is 0 Å². The number of hydrogen-bond acceptors (Lipinski definition) is 3. The van der Waals surface area contributed by atoms with Crippen molar-refractivity contribution in [2.45, 2.75) is 30.6 Å². The predicted octanol–water partition coefficient (Wildman–Crippen LogP) is 0.333. The van der Waals surface area contributed by atoms with Crippen LogP contribution in [0.3, 0.4) is 0 Å². The molecule has 0 aromatic rings. The zero-order valence-electron chi connectivity index (χ0n) is 6.70. The number of halogens is 1. The minimum absolute atomic E-state index is 0. The molecule has 1 aliphatic carbocycles. The van der Waals surface area contributed by atoms with Gasteiger partial charge in [-0.25, -0.2) is 8.42 Å². The van der Waals surface area contributed by atoms with Gasteiger partial charge in [0, 0.05) is 12.3 Å². The van der Waals surface area contributed by atoms with E-state index < -0.39 is 14.6 Å². The van der Waals surface area contributed by atoms with Crippen molar-refractivity contribution in [3.05, 3.63) is 0 Å². The first-order valence-electron chi connectivity index (χ1n) is 3.35. The number of sulfone groups is 1. The van der Waals surface area contributed by atoms with Crippen LogP contribution in [-0.4, -0.2) is 25.5 Å². The molecule has 0 aromatic carbocycles. The Morgan fingerprint density at radius 3 is 1.82 bits per heavy atom. The highest BCUT2D eigenvalue weighted by atomic mass is 35.5. The van der Waals surface area contributed by atoms with E-state index in [0.717, 1.165) is 12.8 Å².